The van der Waals surface area contributed by atoms with E-state index in [4.69, 9.17) is 9.47 Å². The molecule has 0 fully saturated rings. The average molecular weight is 495 g/mol. The van der Waals surface area contributed by atoms with Crippen molar-refractivity contribution in [2.75, 3.05) is 27.3 Å². The number of nitrogens with one attached hydrogen (secondary N) is 1. The number of ether oxygens (including phenoxy) is 2. The van der Waals surface area contributed by atoms with Gasteiger partial charge in [0.05, 0.1) is 20.8 Å². The topological polar surface area (TPSA) is 84.9 Å². The third-order valence-corrected chi connectivity index (χ3v) is 6.76. The molecule has 0 atom stereocenters. The Bertz CT molecular complexity index is 1230. The molecule has 0 heterocycles. The average Bonchev–Trinajstić information content (AvgIpc) is 2.88. The zero-order valence-electron chi connectivity index (χ0n) is 19.9. The maximum absolute atomic E-state index is 13.1. The fourth-order valence-corrected chi connectivity index (χ4v) is 4.56. The van der Waals surface area contributed by atoms with Gasteiger partial charge in [-0.15, -0.1) is 0 Å². The summed E-state index contributed by atoms with van der Waals surface area (Å²) in [7, 11) is -0.708. The molecule has 0 aliphatic carbocycles. The molecule has 0 saturated carbocycles. The molecule has 0 radical (unpaired) electrons. The predicted octanol–water partition coefficient (Wildman–Crippen LogP) is 3.87. The van der Waals surface area contributed by atoms with Gasteiger partial charge >= 0.3 is 0 Å². The van der Waals surface area contributed by atoms with Gasteiger partial charge in [-0.3, -0.25) is 4.79 Å². The number of carbonyl (C=O) groups is 1. The van der Waals surface area contributed by atoms with Gasteiger partial charge < -0.3 is 14.8 Å². The standard InChI is InChI=1S/C27H30N2O5S/c1-33-25-14-13-23(19-26(25)34-2)15-17-28-27(30)21-29(20-24-11-7-4-8-12-24)35(31,32)18-16-22-9-5-3-6-10-22/h3-14,16,18-19H,15,17,20-21H2,1-2H3,(H,28,30)/b18-16+. The predicted molar refractivity (Wildman–Crippen MR) is 138 cm³/mol. The molecular weight excluding hydrogens is 464 g/mol. The second-order valence-corrected chi connectivity index (χ2v) is 9.62. The first kappa shape index (κ1) is 26.0. The van der Waals surface area contributed by atoms with Crippen LogP contribution in [0.15, 0.2) is 84.3 Å². The van der Waals surface area contributed by atoms with Crippen LogP contribution in [-0.2, 0) is 27.8 Å². The Hall–Kier alpha value is -3.62. The lowest BCUT2D eigenvalue weighted by Crippen LogP contribution is -2.40. The molecule has 3 aromatic rings. The Balaban J connectivity index is 1.66. The van der Waals surface area contributed by atoms with Crippen LogP contribution in [0.4, 0.5) is 0 Å². The lowest BCUT2D eigenvalue weighted by Gasteiger charge is -2.20. The number of rotatable bonds is 12. The number of carbonyl (C=O) groups excluding carboxylic acids is 1. The summed E-state index contributed by atoms with van der Waals surface area (Å²) < 4.78 is 37.9. The van der Waals surface area contributed by atoms with Crippen molar-refractivity contribution >= 4 is 22.0 Å². The molecule has 3 rings (SSSR count). The van der Waals surface area contributed by atoms with Crippen LogP contribution in [0.5, 0.6) is 11.5 Å². The maximum atomic E-state index is 13.1. The minimum absolute atomic E-state index is 0.0887. The molecule has 8 heteroatoms. The van der Waals surface area contributed by atoms with Gasteiger partial charge in [0.2, 0.25) is 15.9 Å². The van der Waals surface area contributed by atoms with E-state index in [1.54, 1.807) is 14.2 Å². The van der Waals surface area contributed by atoms with Crippen molar-refractivity contribution in [2.24, 2.45) is 0 Å². The summed E-state index contributed by atoms with van der Waals surface area (Å²) in [5, 5.41) is 3.96. The maximum Gasteiger partial charge on any atom is 0.237 e. The summed E-state index contributed by atoms with van der Waals surface area (Å²) in [5.41, 5.74) is 2.51. The van der Waals surface area contributed by atoms with Crippen molar-refractivity contribution < 1.29 is 22.7 Å². The van der Waals surface area contributed by atoms with Crippen LogP contribution in [0.1, 0.15) is 16.7 Å². The molecule has 0 aliphatic heterocycles. The van der Waals surface area contributed by atoms with Crippen molar-refractivity contribution in [3.8, 4) is 11.5 Å². The highest BCUT2D eigenvalue weighted by atomic mass is 32.2. The van der Waals surface area contributed by atoms with Gasteiger partial charge in [-0.2, -0.15) is 4.31 Å². The van der Waals surface area contributed by atoms with Gasteiger partial charge in [0, 0.05) is 18.5 Å². The van der Waals surface area contributed by atoms with E-state index < -0.39 is 10.0 Å². The number of hydrogen-bond donors (Lipinski definition) is 1. The Morgan fingerprint density at radius 3 is 2.20 bits per heavy atom. The molecule has 35 heavy (non-hydrogen) atoms. The van der Waals surface area contributed by atoms with E-state index in [0.717, 1.165) is 22.1 Å². The van der Waals surface area contributed by atoms with Gasteiger partial charge in [0.25, 0.3) is 0 Å². The van der Waals surface area contributed by atoms with E-state index in [1.807, 2.05) is 78.9 Å². The third kappa shape index (κ3) is 7.98. The summed E-state index contributed by atoms with van der Waals surface area (Å²) in [6.07, 6.45) is 2.09. The number of nitrogens with zero attached hydrogens (tertiary/aromatic N) is 1. The minimum atomic E-state index is -3.85. The normalized spacial score (nSPS) is 11.5. The molecule has 0 bridgehead atoms. The quantitative estimate of drug-likeness (QED) is 0.413. The van der Waals surface area contributed by atoms with Crippen molar-refractivity contribution in [2.45, 2.75) is 13.0 Å². The number of amides is 1. The first-order valence-electron chi connectivity index (χ1n) is 11.2. The van der Waals surface area contributed by atoms with Crippen molar-refractivity contribution in [3.63, 3.8) is 0 Å². The second-order valence-electron chi connectivity index (χ2n) is 7.80. The molecule has 0 aliphatic rings. The SMILES string of the molecule is COc1ccc(CCNC(=O)CN(Cc2ccccc2)S(=O)(=O)/C=C/c2ccccc2)cc1OC. The Morgan fingerprint density at radius 1 is 0.886 bits per heavy atom. The molecule has 0 unspecified atom stereocenters. The number of methoxy groups -OCH3 is 2. The van der Waals surface area contributed by atoms with Crippen molar-refractivity contribution in [3.05, 3.63) is 101 Å². The first-order valence-corrected chi connectivity index (χ1v) is 12.7. The molecule has 0 spiro atoms. The highest BCUT2D eigenvalue weighted by Gasteiger charge is 2.22. The van der Waals surface area contributed by atoms with Crippen LogP contribution in [0.3, 0.4) is 0 Å². The van der Waals surface area contributed by atoms with E-state index >= 15 is 0 Å². The highest BCUT2D eigenvalue weighted by Crippen LogP contribution is 2.27. The summed E-state index contributed by atoms with van der Waals surface area (Å²) in [6, 6.07) is 23.9. The molecule has 184 valence electrons. The molecule has 0 saturated heterocycles. The van der Waals surface area contributed by atoms with Gasteiger partial charge in [-0.25, -0.2) is 8.42 Å². The summed E-state index contributed by atoms with van der Waals surface area (Å²) >= 11 is 0. The van der Waals surface area contributed by atoms with Crippen LogP contribution >= 0.6 is 0 Å². The molecule has 7 nitrogen and oxygen atoms in total. The van der Waals surface area contributed by atoms with E-state index in [2.05, 4.69) is 5.32 Å². The van der Waals surface area contributed by atoms with Crippen LogP contribution < -0.4 is 14.8 Å². The first-order chi connectivity index (χ1) is 16.9. The zero-order valence-corrected chi connectivity index (χ0v) is 20.7. The largest absolute Gasteiger partial charge is 0.493 e. The summed E-state index contributed by atoms with van der Waals surface area (Å²) in [4.78, 5) is 12.7. The Morgan fingerprint density at radius 2 is 1.54 bits per heavy atom. The minimum Gasteiger partial charge on any atom is -0.493 e. The Kier molecular flexibility index (Phi) is 9.46. The lowest BCUT2D eigenvalue weighted by molar-refractivity contribution is -0.121. The molecular formula is C27H30N2O5S. The highest BCUT2D eigenvalue weighted by molar-refractivity contribution is 7.92. The fraction of sp³-hybridized carbons (Fsp3) is 0.222. The zero-order chi connectivity index (χ0) is 25.1. The van der Waals surface area contributed by atoms with Crippen molar-refractivity contribution in [1.82, 2.24) is 9.62 Å². The molecule has 1 N–H and O–H groups in total. The van der Waals surface area contributed by atoms with Crippen LogP contribution in [0.25, 0.3) is 6.08 Å². The van der Waals surface area contributed by atoms with Gasteiger partial charge in [0.15, 0.2) is 11.5 Å². The smallest absolute Gasteiger partial charge is 0.237 e. The second kappa shape index (κ2) is 12.7. The van der Waals surface area contributed by atoms with Gasteiger partial charge in [-0.1, -0.05) is 66.7 Å². The summed E-state index contributed by atoms with van der Waals surface area (Å²) in [5.74, 6) is 0.866. The number of benzene rings is 3. The molecule has 0 aromatic heterocycles. The van der Waals surface area contributed by atoms with E-state index in [9.17, 15) is 13.2 Å². The van der Waals surface area contributed by atoms with Gasteiger partial charge in [-0.05, 0) is 41.3 Å². The summed E-state index contributed by atoms with van der Waals surface area (Å²) in [6.45, 7) is 0.154. The lowest BCUT2D eigenvalue weighted by atomic mass is 10.1. The third-order valence-electron chi connectivity index (χ3n) is 5.30. The monoisotopic (exact) mass is 494 g/mol. The van der Waals surface area contributed by atoms with E-state index in [1.165, 1.54) is 10.4 Å². The van der Waals surface area contributed by atoms with Crippen LogP contribution in [0.2, 0.25) is 0 Å². The van der Waals surface area contributed by atoms with Crippen LogP contribution in [-0.4, -0.2) is 45.9 Å². The molecule has 3 aromatic carbocycles. The number of hydrogen-bond acceptors (Lipinski definition) is 5. The number of sulfonamides is 1. The fourth-order valence-electron chi connectivity index (χ4n) is 3.44. The van der Waals surface area contributed by atoms with E-state index in [0.29, 0.717) is 24.5 Å². The Labute approximate surface area is 207 Å². The van der Waals surface area contributed by atoms with E-state index in [-0.39, 0.29) is 19.0 Å². The molecule has 1 amide bonds. The van der Waals surface area contributed by atoms with Crippen LogP contribution in [0, 0.1) is 0 Å². The van der Waals surface area contributed by atoms with Crippen molar-refractivity contribution in [1.29, 1.82) is 0 Å². The van der Waals surface area contributed by atoms with Gasteiger partial charge in [0.1, 0.15) is 0 Å².